The lowest BCUT2D eigenvalue weighted by Crippen LogP contribution is -2.38. The van der Waals surface area contributed by atoms with Crippen molar-refractivity contribution in [2.75, 3.05) is 18.1 Å². The van der Waals surface area contributed by atoms with Gasteiger partial charge in [0.1, 0.15) is 12.3 Å². The molecule has 1 aromatic rings. The predicted molar refractivity (Wildman–Crippen MR) is 54.9 cm³/mol. The van der Waals surface area contributed by atoms with Gasteiger partial charge in [0.15, 0.2) is 6.61 Å². The number of benzene rings is 1. The number of nitriles is 1. The molecule has 76 valence electrons. The summed E-state index contributed by atoms with van der Waals surface area (Å²) in [6.45, 7) is -0.0220. The third kappa shape index (κ3) is 1.74. The van der Waals surface area contributed by atoms with Crippen molar-refractivity contribution in [2.45, 2.75) is 0 Å². The van der Waals surface area contributed by atoms with Crippen LogP contribution in [0.4, 0.5) is 5.69 Å². The molecule has 0 radical (unpaired) electrons. The summed E-state index contributed by atoms with van der Waals surface area (Å²) in [4.78, 5) is 12.8. The number of rotatable bonds is 1. The third-order valence-electron chi connectivity index (χ3n) is 2.09. The quantitative estimate of drug-likeness (QED) is 0.678. The first-order chi connectivity index (χ1) is 7.22. The fourth-order valence-electron chi connectivity index (χ4n) is 1.42. The van der Waals surface area contributed by atoms with Crippen molar-refractivity contribution < 1.29 is 9.53 Å². The Balaban J connectivity index is 2.46. The molecule has 2 rings (SSSR count). The van der Waals surface area contributed by atoms with Crippen LogP contribution in [-0.2, 0) is 4.79 Å². The van der Waals surface area contributed by atoms with E-state index >= 15 is 0 Å². The average Bonchev–Trinajstić information content (AvgIpc) is 2.23. The number of hydrogen-bond acceptors (Lipinski definition) is 3. The van der Waals surface area contributed by atoms with Crippen LogP contribution in [0.15, 0.2) is 18.2 Å². The molecule has 1 aromatic carbocycles. The Morgan fingerprint density at radius 1 is 1.60 bits per heavy atom. The van der Waals surface area contributed by atoms with Crippen molar-refractivity contribution in [1.29, 1.82) is 5.26 Å². The van der Waals surface area contributed by atoms with Crippen molar-refractivity contribution in [2.24, 2.45) is 0 Å². The number of hydrogen-bond donors (Lipinski definition) is 0. The Labute approximate surface area is 91.6 Å². The van der Waals surface area contributed by atoms with Gasteiger partial charge in [0.05, 0.1) is 11.8 Å². The SMILES string of the molecule is N#CCN1C(=O)COc2ccc(Cl)cc21. The number of anilines is 1. The smallest absolute Gasteiger partial charge is 0.265 e. The predicted octanol–water partition coefficient (Wildman–Crippen LogP) is 1.59. The first-order valence-electron chi connectivity index (χ1n) is 4.32. The van der Waals surface area contributed by atoms with Crippen LogP contribution >= 0.6 is 11.6 Å². The summed E-state index contributed by atoms with van der Waals surface area (Å²) in [5.41, 5.74) is 0.556. The highest BCUT2D eigenvalue weighted by Gasteiger charge is 2.25. The summed E-state index contributed by atoms with van der Waals surface area (Å²) in [5.74, 6) is 0.348. The average molecular weight is 223 g/mol. The van der Waals surface area contributed by atoms with Crippen LogP contribution in [0, 0.1) is 11.3 Å². The first-order valence-corrected chi connectivity index (χ1v) is 4.70. The van der Waals surface area contributed by atoms with Crippen LogP contribution in [0.1, 0.15) is 0 Å². The molecule has 15 heavy (non-hydrogen) atoms. The van der Waals surface area contributed by atoms with Crippen molar-refractivity contribution in [1.82, 2.24) is 0 Å². The molecule has 1 aliphatic rings. The Hall–Kier alpha value is -1.73. The monoisotopic (exact) mass is 222 g/mol. The third-order valence-corrected chi connectivity index (χ3v) is 2.33. The molecule has 1 heterocycles. The van der Waals surface area contributed by atoms with Crippen LogP contribution in [-0.4, -0.2) is 19.1 Å². The topological polar surface area (TPSA) is 53.3 Å². The van der Waals surface area contributed by atoms with Crippen molar-refractivity contribution in [3.63, 3.8) is 0 Å². The van der Waals surface area contributed by atoms with Crippen molar-refractivity contribution >= 4 is 23.2 Å². The van der Waals surface area contributed by atoms with E-state index in [1.165, 1.54) is 4.90 Å². The molecule has 0 fully saturated rings. The molecule has 0 N–H and O–H groups in total. The Bertz CT molecular complexity index is 453. The van der Waals surface area contributed by atoms with E-state index in [1.54, 1.807) is 18.2 Å². The van der Waals surface area contributed by atoms with Gasteiger partial charge in [-0.1, -0.05) is 11.6 Å². The Kier molecular flexibility index (Phi) is 2.48. The highest BCUT2D eigenvalue weighted by molar-refractivity contribution is 6.31. The zero-order valence-electron chi connectivity index (χ0n) is 7.74. The second-order valence-corrected chi connectivity index (χ2v) is 3.48. The van der Waals surface area contributed by atoms with Gasteiger partial charge in [-0.25, -0.2) is 0 Å². The summed E-state index contributed by atoms with van der Waals surface area (Å²) < 4.78 is 5.21. The van der Waals surface area contributed by atoms with E-state index in [0.29, 0.717) is 16.5 Å². The van der Waals surface area contributed by atoms with E-state index in [9.17, 15) is 4.79 Å². The van der Waals surface area contributed by atoms with Gasteiger partial charge in [0, 0.05) is 5.02 Å². The van der Waals surface area contributed by atoms with Gasteiger partial charge in [-0.15, -0.1) is 0 Å². The summed E-state index contributed by atoms with van der Waals surface area (Å²) in [5, 5.41) is 9.12. The number of carbonyl (C=O) groups is 1. The van der Waals surface area contributed by atoms with Gasteiger partial charge in [0.2, 0.25) is 0 Å². The molecule has 0 aromatic heterocycles. The van der Waals surface area contributed by atoms with Gasteiger partial charge in [0.25, 0.3) is 5.91 Å². The summed E-state index contributed by atoms with van der Waals surface area (Å²) >= 11 is 5.81. The molecule has 1 aliphatic heterocycles. The Morgan fingerprint density at radius 2 is 2.40 bits per heavy atom. The van der Waals surface area contributed by atoms with E-state index in [-0.39, 0.29) is 19.1 Å². The first kappa shape index (κ1) is 9.81. The van der Waals surface area contributed by atoms with E-state index in [4.69, 9.17) is 21.6 Å². The van der Waals surface area contributed by atoms with E-state index in [0.717, 1.165) is 0 Å². The number of fused-ring (bicyclic) bond motifs is 1. The van der Waals surface area contributed by atoms with Crippen LogP contribution in [0.2, 0.25) is 5.02 Å². The molecule has 1 amide bonds. The molecule has 0 atom stereocenters. The summed E-state index contributed by atoms with van der Waals surface area (Å²) in [7, 11) is 0. The van der Waals surface area contributed by atoms with Crippen LogP contribution in [0.3, 0.4) is 0 Å². The van der Waals surface area contributed by atoms with E-state index < -0.39 is 0 Å². The van der Waals surface area contributed by atoms with Gasteiger partial charge < -0.3 is 4.74 Å². The molecule has 0 unspecified atom stereocenters. The lowest BCUT2D eigenvalue weighted by Gasteiger charge is -2.27. The van der Waals surface area contributed by atoms with Gasteiger partial charge in [-0.2, -0.15) is 5.26 Å². The molecule has 5 heteroatoms. The van der Waals surface area contributed by atoms with E-state index in [2.05, 4.69) is 0 Å². The summed E-state index contributed by atoms with van der Waals surface area (Å²) in [6, 6.07) is 6.92. The normalized spacial score (nSPS) is 14.1. The van der Waals surface area contributed by atoms with Crippen LogP contribution < -0.4 is 9.64 Å². The lowest BCUT2D eigenvalue weighted by atomic mass is 10.2. The fraction of sp³-hybridized carbons (Fsp3) is 0.200. The zero-order valence-corrected chi connectivity index (χ0v) is 8.49. The molecular weight excluding hydrogens is 216 g/mol. The maximum atomic E-state index is 11.5. The molecule has 0 bridgehead atoms. The van der Waals surface area contributed by atoms with Crippen LogP contribution in [0.25, 0.3) is 0 Å². The Morgan fingerprint density at radius 3 is 3.13 bits per heavy atom. The molecular formula is C10H7ClN2O2. The van der Waals surface area contributed by atoms with Crippen molar-refractivity contribution in [3.8, 4) is 11.8 Å². The molecule has 4 nitrogen and oxygen atoms in total. The molecule has 0 saturated carbocycles. The summed E-state index contributed by atoms with van der Waals surface area (Å²) in [6.07, 6.45) is 0. The maximum absolute atomic E-state index is 11.5. The molecule has 0 saturated heterocycles. The standard InChI is InChI=1S/C10H7ClN2O2/c11-7-1-2-9-8(5-7)13(4-3-12)10(14)6-15-9/h1-2,5H,4,6H2. The minimum absolute atomic E-state index is 0.00946. The second kappa shape index (κ2) is 3.79. The number of halogens is 1. The largest absolute Gasteiger partial charge is 0.482 e. The zero-order chi connectivity index (χ0) is 10.8. The van der Waals surface area contributed by atoms with Crippen molar-refractivity contribution in [3.05, 3.63) is 23.2 Å². The number of ether oxygens (including phenoxy) is 1. The second-order valence-electron chi connectivity index (χ2n) is 3.04. The lowest BCUT2D eigenvalue weighted by molar-refractivity contribution is -0.121. The van der Waals surface area contributed by atoms with Gasteiger partial charge in [-0.3, -0.25) is 9.69 Å². The van der Waals surface area contributed by atoms with Gasteiger partial charge in [-0.05, 0) is 18.2 Å². The molecule has 0 aliphatic carbocycles. The van der Waals surface area contributed by atoms with Gasteiger partial charge >= 0.3 is 0 Å². The van der Waals surface area contributed by atoms with E-state index in [1.807, 2.05) is 6.07 Å². The molecule has 0 spiro atoms. The maximum Gasteiger partial charge on any atom is 0.265 e. The number of carbonyl (C=O) groups excluding carboxylic acids is 1. The minimum Gasteiger partial charge on any atom is -0.482 e. The fourth-order valence-corrected chi connectivity index (χ4v) is 1.59. The highest BCUT2D eigenvalue weighted by Crippen LogP contribution is 2.33. The highest BCUT2D eigenvalue weighted by atomic mass is 35.5. The number of nitrogens with zero attached hydrogens (tertiary/aromatic N) is 2. The number of amides is 1. The minimum atomic E-state index is -0.230. The van der Waals surface area contributed by atoms with Crippen LogP contribution in [0.5, 0.6) is 5.75 Å².